The number of pyridine rings is 1. The van der Waals surface area contributed by atoms with Crippen LogP contribution in [0.3, 0.4) is 0 Å². The van der Waals surface area contributed by atoms with Gasteiger partial charge in [-0.15, -0.1) is 0 Å². The number of unbranched alkanes of at least 4 members (excludes halogenated alkanes) is 1. The second-order valence-electron chi connectivity index (χ2n) is 4.74. The normalized spacial score (nSPS) is 10.8. The van der Waals surface area contributed by atoms with Gasteiger partial charge in [-0.2, -0.15) is 0 Å². The molecule has 1 aromatic rings. The number of hydrogen-bond donors (Lipinski definition) is 1. The topological polar surface area (TPSA) is 34.1 Å². The van der Waals surface area contributed by atoms with Crippen LogP contribution in [0.15, 0.2) is 18.3 Å². The van der Waals surface area contributed by atoms with Gasteiger partial charge in [-0.1, -0.05) is 13.8 Å². The molecule has 1 N–H and O–H groups in total. The Balaban J connectivity index is 2.03. The zero-order chi connectivity index (χ0) is 12.5. The van der Waals surface area contributed by atoms with Gasteiger partial charge in [0.1, 0.15) is 5.75 Å². The van der Waals surface area contributed by atoms with Crippen LogP contribution in [-0.4, -0.2) is 24.7 Å². The molecule has 0 amide bonds. The van der Waals surface area contributed by atoms with Gasteiger partial charge in [-0.25, -0.2) is 0 Å². The Kier molecular flexibility index (Phi) is 6.63. The number of ether oxygens (including phenoxy) is 1. The lowest BCUT2D eigenvalue weighted by Gasteiger charge is -2.09. The summed E-state index contributed by atoms with van der Waals surface area (Å²) in [7, 11) is 0. The molecule has 0 unspecified atom stereocenters. The highest BCUT2D eigenvalue weighted by Crippen LogP contribution is 2.13. The maximum absolute atomic E-state index is 5.67. The van der Waals surface area contributed by atoms with Gasteiger partial charge in [0, 0.05) is 6.20 Å². The third kappa shape index (κ3) is 6.27. The van der Waals surface area contributed by atoms with Crippen LogP contribution in [0.5, 0.6) is 5.75 Å². The van der Waals surface area contributed by atoms with Gasteiger partial charge in [-0.3, -0.25) is 4.98 Å². The molecule has 0 aliphatic heterocycles. The van der Waals surface area contributed by atoms with Gasteiger partial charge in [0.2, 0.25) is 0 Å². The zero-order valence-corrected chi connectivity index (χ0v) is 11.2. The van der Waals surface area contributed by atoms with Gasteiger partial charge in [-0.05, 0) is 50.9 Å². The molecule has 0 aromatic carbocycles. The summed E-state index contributed by atoms with van der Waals surface area (Å²) in [6.07, 6.45) is 4.03. The van der Waals surface area contributed by atoms with Crippen LogP contribution in [0.25, 0.3) is 0 Å². The van der Waals surface area contributed by atoms with Crippen LogP contribution < -0.4 is 10.1 Å². The van der Waals surface area contributed by atoms with Gasteiger partial charge >= 0.3 is 0 Å². The van der Waals surface area contributed by atoms with Crippen molar-refractivity contribution >= 4 is 0 Å². The van der Waals surface area contributed by atoms with Gasteiger partial charge in [0.25, 0.3) is 0 Å². The third-order valence-electron chi connectivity index (χ3n) is 2.52. The number of rotatable bonds is 8. The number of aryl methyl sites for hydroxylation is 1. The van der Waals surface area contributed by atoms with E-state index in [4.69, 9.17) is 4.74 Å². The molecular formula is C14H24N2O. The molecule has 0 saturated carbocycles. The van der Waals surface area contributed by atoms with Crippen LogP contribution in [0.1, 0.15) is 32.4 Å². The Hall–Kier alpha value is -1.09. The van der Waals surface area contributed by atoms with E-state index in [1.54, 1.807) is 6.20 Å². The lowest BCUT2D eigenvalue weighted by atomic mass is 10.2. The molecular weight excluding hydrogens is 212 g/mol. The summed E-state index contributed by atoms with van der Waals surface area (Å²) in [5, 5.41) is 3.43. The first kappa shape index (κ1) is 14.0. The summed E-state index contributed by atoms with van der Waals surface area (Å²) in [4.78, 5) is 4.19. The second kappa shape index (κ2) is 8.07. The van der Waals surface area contributed by atoms with Crippen molar-refractivity contribution in [3.05, 3.63) is 24.0 Å². The predicted molar refractivity (Wildman–Crippen MR) is 71.4 cm³/mol. The zero-order valence-electron chi connectivity index (χ0n) is 11.2. The highest BCUT2D eigenvalue weighted by atomic mass is 16.5. The van der Waals surface area contributed by atoms with Crippen molar-refractivity contribution in [1.29, 1.82) is 0 Å². The minimum Gasteiger partial charge on any atom is -0.492 e. The van der Waals surface area contributed by atoms with Crippen molar-refractivity contribution in [3.63, 3.8) is 0 Å². The third-order valence-corrected chi connectivity index (χ3v) is 2.52. The van der Waals surface area contributed by atoms with Crippen molar-refractivity contribution in [2.75, 3.05) is 19.7 Å². The molecule has 0 radical (unpaired) electrons. The Morgan fingerprint density at radius 1 is 1.35 bits per heavy atom. The smallest absolute Gasteiger partial charge is 0.140 e. The van der Waals surface area contributed by atoms with E-state index in [1.165, 1.54) is 0 Å². The first-order chi connectivity index (χ1) is 8.20. The lowest BCUT2D eigenvalue weighted by molar-refractivity contribution is 0.302. The maximum atomic E-state index is 5.67. The van der Waals surface area contributed by atoms with Crippen molar-refractivity contribution in [1.82, 2.24) is 10.3 Å². The number of nitrogens with zero attached hydrogens (tertiary/aromatic N) is 1. The fourth-order valence-electron chi connectivity index (χ4n) is 1.55. The van der Waals surface area contributed by atoms with E-state index in [2.05, 4.69) is 24.1 Å². The summed E-state index contributed by atoms with van der Waals surface area (Å²) in [6, 6.07) is 3.88. The molecule has 0 aliphatic rings. The summed E-state index contributed by atoms with van der Waals surface area (Å²) >= 11 is 0. The molecule has 0 bridgehead atoms. The fourth-order valence-corrected chi connectivity index (χ4v) is 1.55. The van der Waals surface area contributed by atoms with Crippen LogP contribution in [0.2, 0.25) is 0 Å². The molecule has 0 aliphatic carbocycles. The molecule has 1 aromatic heterocycles. The Bertz CT molecular complexity index is 313. The average Bonchev–Trinajstić information content (AvgIpc) is 2.30. The lowest BCUT2D eigenvalue weighted by Crippen LogP contribution is -2.21. The molecule has 17 heavy (non-hydrogen) atoms. The molecule has 3 heteroatoms. The van der Waals surface area contributed by atoms with E-state index in [9.17, 15) is 0 Å². The van der Waals surface area contributed by atoms with E-state index in [1.807, 2.05) is 19.1 Å². The summed E-state index contributed by atoms with van der Waals surface area (Å²) in [5.74, 6) is 1.63. The van der Waals surface area contributed by atoms with Crippen molar-refractivity contribution in [2.45, 2.75) is 33.6 Å². The van der Waals surface area contributed by atoms with Crippen molar-refractivity contribution < 1.29 is 4.74 Å². The number of nitrogens with one attached hydrogen (secondary N) is 1. The van der Waals surface area contributed by atoms with Crippen LogP contribution in [0.4, 0.5) is 0 Å². The first-order valence-electron chi connectivity index (χ1n) is 6.45. The largest absolute Gasteiger partial charge is 0.492 e. The maximum Gasteiger partial charge on any atom is 0.140 e. The monoisotopic (exact) mass is 236 g/mol. The second-order valence-corrected chi connectivity index (χ2v) is 4.74. The van der Waals surface area contributed by atoms with E-state index >= 15 is 0 Å². The van der Waals surface area contributed by atoms with E-state index in [-0.39, 0.29) is 0 Å². The number of aromatic nitrogens is 1. The van der Waals surface area contributed by atoms with E-state index in [0.29, 0.717) is 0 Å². The summed E-state index contributed by atoms with van der Waals surface area (Å²) in [6.45, 7) is 9.37. The molecule has 0 spiro atoms. The molecule has 0 fully saturated rings. The number of hydrogen-bond acceptors (Lipinski definition) is 3. The first-order valence-corrected chi connectivity index (χ1v) is 6.45. The molecule has 3 nitrogen and oxygen atoms in total. The molecule has 0 saturated heterocycles. The Labute approximate surface area is 105 Å². The minimum atomic E-state index is 0.726. The van der Waals surface area contributed by atoms with Crippen LogP contribution in [-0.2, 0) is 0 Å². The van der Waals surface area contributed by atoms with Crippen molar-refractivity contribution in [3.8, 4) is 5.75 Å². The van der Waals surface area contributed by atoms with E-state index in [0.717, 1.165) is 49.9 Å². The molecule has 1 heterocycles. The highest BCUT2D eigenvalue weighted by Gasteiger charge is 1.98. The minimum absolute atomic E-state index is 0.726. The highest BCUT2D eigenvalue weighted by molar-refractivity contribution is 5.25. The average molecular weight is 236 g/mol. The molecule has 0 atom stereocenters. The standard InChI is InChI=1S/C14H24N2O/c1-12(2)11-15-8-4-5-10-17-14-7-6-9-16-13(14)3/h6-7,9,12,15H,4-5,8,10-11H2,1-3H3. The quantitative estimate of drug-likeness (QED) is 0.705. The van der Waals surface area contributed by atoms with Crippen LogP contribution in [0, 0.1) is 12.8 Å². The molecule has 96 valence electrons. The van der Waals surface area contributed by atoms with Gasteiger partial charge in [0.15, 0.2) is 0 Å². The van der Waals surface area contributed by atoms with Crippen molar-refractivity contribution in [2.24, 2.45) is 5.92 Å². The summed E-state index contributed by atoms with van der Waals surface area (Å²) < 4.78 is 5.67. The predicted octanol–water partition coefficient (Wildman–Crippen LogP) is 2.79. The Morgan fingerprint density at radius 3 is 2.88 bits per heavy atom. The SMILES string of the molecule is Cc1ncccc1OCCCCNCC(C)C. The van der Waals surface area contributed by atoms with Crippen LogP contribution >= 0.6 is 0 Å². The van der Waals surface area contributed by atoms with Gasteiger partial charge in [0.05, 0.1) is 12.3 Å². The van der Waals surface area contributed by atoms with Gasteiger partial charge < -0.3 is 10.1 Å². The summed E-state index contributed by atoms with van der Waals surface area (Å²) in [5.41, 5.74) is 0.963. The van der Waals surface area contributed by atoms with E-state index < -0.39 is 0 Å². The Morgan fingerprint density at radius 2 is 2.18 bits per heavy atom. The fraction of sp³-hybridized carbons (Fsp3) is 0.643. The molecule has 1 rings (SSSR count).